The van der Waals surface area contributed by atoms with Gasteiger partial charge >= 0.3 is 0 Å². The highest BCUT2D eigenvalue weighted by Crippen LogP contribution is 2.69. The van der Waals surface area contributed by atoms with Crippen molar-refractivity contribution in [3.05, 3.63) is 105 Å². The highest BCUT2D eigenvalue weighted by molar-refractivity contribution is 6.17. The lowest BCUT2D eigenvalue weighted by Crippen LogP contribution is -2.67. The van der Waals surface area contributed by atoms with Gasteiger partial charge in [0.25, 0.3) is 0 Å². The second kappa shape index (κ2) is 16.4. The van der Waals surface area contributed by atoms with Gasteiger partial charge in [-0.2, -0.15) is 0 Å². The summed E-state index contributed by atoms with van der Waals surface area (Å²) in [5, 5.41) is 0. The van der Waals surface area contributed by atoms with Crippen LogP contribution in [-0.4, -0.2) is 11.6 Å². The summed E-state index contributed by atoms with van der Waals surface area (Å²) in [6.07, 6.45) is 26.1. The third-order valence-corrected chi connectivity index (χ3v) is 10.4. The molecule has 0 saturated heterocycles. The maximum Gasteiger partial charge on any atom is 0.167 e. The van der Waals surface area contributed by atoms with Crippen molar-refractivity contribution in [3.63, 3.8) is 0 Å². The number of rotatable bonds is 14. The summed E-state index contributed by atoms with van der Waals surface area (Å²) in [5.41, 5.74) is 5.51. The van der Waals surface area contributed by atoms with Crippen LogP contribution in [0, 0.1) is 21.7 Å². The minimum atomic E-state index is -1.02. The van der Waals surface area contributed by atoms with Crippen LogP contribution in [0.15, 0.2) is 105 Å². The summed E-state index contributed by atoms with van der Waals surface area (Å²) in [4.78, 5) is 32.6. The largest absolute Gasteiger partial charge is 0.298 e. The Labute approximate surface area is 289 Å². The topological polar surface area (TPSA) is 34.1 Å². The average molecular weight is 639 g/mol. The molecule has 0 N–H and O–H groups in total. The van der Waals surface area contributed by atoms with Crippen molar-refractivity contribution in [1.82, 2.24) is 0 Å². The van der Waals surface area contributed by atoms with Crippen LogP contribution in [0.5, 0.6) is 0 Å². The van der Waals surface area contributed by atoms with Gasteiger partial charge in [-0.25, -0.2) is 0 Å². The molecule has 0 aromatic heterocycles. The number of allylic oxidation sites excluding steroid dienone is 18. The lowest BCUT2D eigenvalue weighted by molar-refractivity contribution is -0.167. The van der Waals surface area contributed by atoms with Gasteiger partial charge in [-0.1, -0.05) is 99.8 Å². The molecule has 2 aliphatic rings. The van der Waals surface area contributed by atoms with Crippen molar-refractivity contribution in [2.24, 2.45) is 21.7 Å². The van der Waals surface area contributed by atoms with Gasteiger partial charge in [0.1, 0.15) is 0 Å². The lowest BCUT2D eigenvalue weighted by atomic mass is 9.37. The Morgan fingerprint density at radius 2 is 0.787 bits per heavy atom. The molecule has 1 atom stereocenters. The van der Waals surface area contributed by atoms with Crippen molar-refractivity contribution in [1.29, 1.82) is 0 Å². The number of fused-ring (bicyclic) bond motifs is 1. The van der Waals surface area contributed by atoms with E-state index in [1.807, 2.05) is 6.08 Å². The molecule has 1 unspecified atom stereocenters. The fourth-order valence-corrected chi connectivity index (χ4v) is 7.54. The Morgan fingerprint density at radius 3 is 1.15 bits per heavy atom. The fraction of sp³-hybridized carbons (Fsp3) is 0.556. The summed E-state index contributed by atoms with van der Waals surface area (Å²) < 4.78 is 0. The standard InChI is InChI=1S/C45H66O2/c1-32(2)17-25-42(26-18-33(3)4)24-15-16-39-40(46)43(27-19-34(5)6,28-20-35(7)8)44(29-21-36(9)10,30-22-37(11)12)41(47)45(39,42)31-23-38(13)14/h15-24H,25-31H2,1-14H3. The minimum absolute atomic E-state index is 0.154. The van der Waals surface area contributed by atoms with Crippen LogP contribution in [0.4, 0.5) is 0 Å². The predicted octanol–water partition coefficient (Wildman–Crippen LogP) is 13.1. The van der Waals surface area contributed by atoms with Crippen molar-refractivity contribution < 1.29 is 9.59 Å². The van der Waals surface area contributed by atoms with E-state index in [1.54, 1.807) is 0 Å². The maximum absolute atomic E-state index is 16.6. The summed E-state index contributed by atoms with van der Waals surface area (Å²) in [6, 6.07) is 0. The van der Waals surface area contributed by atoms with Gasteiger partial charge in [0, 0.05) is 11.0 Å². The highest BCUT2D eigenvalue weighted by Gasteiger charge is 2.72. The van der Waals surface area contributed by atoms with Crippen LogP contribution in [0.2, 0.25) is 0 Å². The Balaban J connectivity index is 3.38. The van der Waals surface area contributed by atoms with Crippen LogP contribution in [-0.2, 0) is 9.59 Å². The minimum Gasteiger partial charge on any atom is -0.298 e. The average Bonchev–Trinajstić information content (AvgIpc) is 2.97. The summed E-state index contributed by atoms with van der Waals surface area (Å²) >= 11 is 0. The molecule has 0 aromatic rings. The molecular weight excluding hydrogens is 572 g/mol. The van der Waals surface area contributed by atoms with Crippen LogP contribution in [0.1, 0.15) is 142 Å². The molecule has 0 radical (unpaired) electrons. The highest BCUT2D eigenvalue weighted by atomic mass is 16.1. The van der Waals surface area contributed by atoms with Crippen LogP contribution >= 0.6 is 0 Å². The van der Waals surface area contributed by atoms with E-state index in [0.29, 0.717) is 50.5 Å². The van der Waals surface area contributed by atoms with Gasteiger partial charge in [-0.05, 0) is 142 Å². The molecule has 1 fully saturated rings. The first-order valence-corrected chi connectivity index (χ1v) is 17.8. The van der Waals surface area contributed by atoms with E-state index >= 15 is 9.59 Å². The van der Waals surface area contributed by atoms with Crippen molar-refractivity contribution in [2.45, 2.75) is 142 Å². The summed E-state index contributed by atoms with van der Waals surface area (Å²) in [6.45, 7) is 29.6. The molecule has 0 bridgehead atoms. The number of carbonyl (C=O) groups is 2. The van der Waals surface area contributed by atoms with Crippen LogP contribution in [0.3, 0.4) is 0 Å². The third-order valence-electron chi connectivity index (χ3n) is 10.4. The maximum atomic E-state index is 16.6. The van der Waals surface area contributed by atoms with Gasteiger partial charge < -0.3 is 0 Å². The quantitative estimate of drug-likeness (QED) is 0.177. The molecule has 0 aromatic carbocycles. The number of hydrogen-bond donors (Lipinski definition) is 0. The van der Waals surface area contributed by atoms with Crippen molar-refractivity contribution >= 4 is 11.6 Å². The molecule has 47 heavy (non-hydrogen) atoms. The number of carbonyl (C=O) groups excluding carboxylic acids is 2. The SMILES string of the molecule is CC(C)=CCC1(CC=C(C)C)C=CC=C2C(=O)C(CC=C(C)C)(CC=C(C)C)C(CC=C(C)C)(CC=C(C)C)C(=O)C21CC=C(C)C. The molecule has 1 saturated carbocycles. The number of ketones is 2. The zero-order chi connectivity index (χ0) is 35.8. The lowest BCUT2D eigenvalue weighted by Gasteiger charge is -2.62. The van der Waals surface area contributed by atoms with E-state index in [-0.39, 0.29) is 11.6 Å². The Hall–Kier alpha value is -3.00. The first kappa shape index (κ1) is 40.2. The molecule has 0 aliphatic heterocycles. The summed E-state index contributed by atoms with van der Waals surface area (Å²) in [5.74, 6) is 0.392. The van der Waals surface area contributed by atoms with Gasteiger partial charge in [-0.3, -0.25) is 9.59 Å². The molecule has 2 rings (SSSR count). The van der Waals surface area contributed by atoms with E-state index in [2.05, 4.69) is 152 Å². The molecular formula is C45H66O2. The Morgan fingerprint density at radius 1 is 0.468 bits per heavy atom. The van der Waals surface area contributed by atoms with Crippen molar-refractivity contribution in [3.8, 4) is 0 Å². The second-order valence-corrected chi connectivity index (χ2v) is 16.2. The second-order valence-electron chi connectivity index (χ2n) is 16.2. The van der Waals surface area contributed by atoms with E-state index < -0.39 is 21.7 Å². The van der Waals surface area contributed by atoms with Gasteiger partial charge in [0.05, 0.1) is 16.2 Å². The van der Waals surface area contributed by atoms with Crippen LogP contribution < -0.4 is 0 Å². The summed E-state index contributed by atoms with van der Waals surface area (Å²) in [7, 11) is 0. The molecule has 0 amide bonds. The first-order valence-electron chi connectivity index (χ1n) is 17.8. The van der Waals surface area contributed by atoms with Crippen molar-refractivity contribution in [2.75, 3.05) is 0 Å². The molecule has 2 nitrogen and oxygen atoms in total. The van der Waals surface area contributed by atoms with Gasteiger partial charge in [-0.15, -0.1) is 0 Å². The van der Waals surface area contributed by atoms with E-state index in [0.717, 1.165) is 5.57 Å². The van der Waals surface area contributed by atoms with E-state index in [9.17, 15) is 0 Å². The zero-order valence-electron chi connectivity index (χ0n) is 32.5. The monoisotopic (exact) mass is 639 g/mol. The number of Topliss-reactive ketones (excluding diaryl/α,β-unsaturated/α-hetero) is 2. The van der Waals surface area contributed by atoms with E-state index in [1.165, 1.54) is 33.4 Å². The normalized spacial score (nSPS) is 20.2. The van der Waals surface area contributed by atoms with Gasteiger partial charge in [0.2, 0.25) is 0 Å². The predicted molar refractivity (Wildman–Crippen MR) is 205 cm³/mol. The smallest absolute Gasteiger partial charge is 0.167 e. The first-order chi connectivity index (χ1) is 21.8. The third kappa shape index (κ3) is 8.54. The number of hydrogen-bond acceptors (Lipinski definition) is 2. The Bertz CT molecular complexity index is 1380. The van der Waals surface area contributed by atoms with Crippen LogP contribution in [0.25, 0.3) is 0 Å². The van der Waals surface area contributed by atoms with E-state index in [4.69, 9.17) is 0 Å². The molecule has 0 spiro atoms. The molecule has 2 aliphatic carbocycles. The molecule has 2 heteroatoms. The Kier molecular flexibility index (Phi) is 14.0. The van der Waals surface area contributed by atoms with Gasteiger partial charge in [0.15, 0.2) is 11.6 Å². The fourth-order valence-electron chi connectivity index (χ4n) is 7.54. The molecule has 258 valence electrons. The molecule has 0 heterocycles. The zero-order valence-corrected chi connectivity index (χ0v) is 32.5.